The Bertz CT molecular complexity index is 1200. The maximum absolute atomic E-state index is 13.9. The number of aromatic nitrogens is 1. The second-order valence-electron chi connectivity index (χ2n) is 9.65. The fourth-order valence-corrected chi connectivity index (χ4v) is 4.89. The molecule has 3 aromatic rings. The zero-order valence-corrected chi connectivity index (χ0v) is 19.7. The van der Waals surface area contributed by atoms with Crippen molar-refractivity contribution in [3.05, 3.63) is 102 Å². The number of benzene rings is 2. The highest BCUT2D eigenvalue weighted by Gasteiger charge is 2.54. The van der Waals surface area contributed by atoms with E-state index in [4.69, 9.17) is 0 Å². The van der Waals surface area contributed by atoms with E-state index in [9.17, 15) is 14.4 Å². The number of amides is 3. The van der Waals surface area contributed by atoms with Gasteiger partial charge in [-0.3, -0.25) is 24.3 Å². The summed E-state index contributed by atoms with van der Waals surface area (Å²) in [5.41, 5.74) is 1.41. The molecule has 1 atom stereocenters. The Morgan fingerprint density at radius 1 is 0.914 bits per heavy atom. The van der Waals surface area contributed by atoms with Gasteiger partial charge in [-0.25, -0.2) is 0 Å². The van der Waals surface area contributed by atoms with Crippen LogP contribution in [0.1, 0.15) is 42.4 Å². The number of nitrogens with zero attached hydrogens (tertiary/aromatic N) is 3. The molecule has 2 fully saturated rings. The quantitative estimate of drug-likeness (QED) is 0.444. The highest BCUT2D eigenvalue weighted by Crippen LogP contribution is 2.41. The van der Waals surface area contributed by atoms with Crippen LogP contribution in [0.2, 0.25) is 0 Å². The fourth-order valence-electron chi connectivity index (χ4n) is 4.89. The molecule has 0 spiro atoms. The first-order chi connectivity index (χ1) is 17.0. The molecule has 1 aliphatic heterocycles. The minimum atomic E-state index is -1.19. The van der Waals surface area contributed by atoms with E-state index < -0.39 is 5.41 Å². The Labute approximate surface area is 205 Å². The maximum Gasteiger partial charge on any atom is 0.241 e. The van der Waals surface area contributed by atoms with Crippen LogP contribution in [-0.4, -0.2) is 39.1 Å². The lowest BCUT2D eigenvalue weighted by Crippen LogP contribution is -2.43. The number of carbonyl (C=O) groups excluding carboxylic acids is 3. The zero-order valence-electron chi connectivity index (χ0n) is 19.7. The lowest BCUT2D eigenvalue weighted by molar-refractivity contribution is -0.143. The van der Waals surface area contributed by atoms with Gasteiger partial charge in [0.05, 0.1) is 12.0 Å². The number of likely N-dealkylation sites (tertiary alicyclic amines) is 1. The van der Waals surface area contributed by atoms with Crippen molar-refractivity contribution < 1.29 is 14.4 Å². The Hall–Kier alpha value is -3.80. The summed E-state index contributed by atoms with van der Waals surface area (Å²) in [7, 11) is 0. The molecule has 6 heteroatoms. The average molecular weight is 468 g/mol. The van der Waals surface area contributed by atoms with Gasteiger partial charge in [-0.1, -0.05) is 60.7 Å². The van der Waals surface area contributed by atoms with E-state index >= 15 is 0 Å². The summed E-state index contributed by atoms with van der Waals surface area (Å²) in [6.07, 6.45) is 5.52. The first-order valence-electron chi connectivity index (χ1n) is 12.2. The van der Waals surface area contributed by atoms with E-state index in [1.807, 2.05) is 65.6 Å². The summed E-state index contributed by atoms with van der Waals surface area (Å²) in [5.74, 6) is -0.124. The average Bonchev–Trinajstić information content (AvgIpc) is 3.68. The van der Waals surface area contributed by atoms with Crippen LogP contribution in [0.15, 0.2) is 85.2 Å². The predicted octanol–water partition coefficient (Wildman–Crippen LogP) is 4.11. The highest BCUT2D eigenvalue weighted by atomic mass is 16.2. The molecular weight excluding hydrogens is 438 g/mol. The number of carbonyl (C=O) groups is 3. The summed E-state index contributed by atoms with van der Waals surface area (Å²) in [6.45, 7) is 1.37. The van der Waals surface area contributed by atoms with Gasteiger partial charge in [0.1, 0.15) is 0 Å². The van der Waals surface area contributed by atoms with Crippen molar-refractivity contribution in [2.45, 2.75) is 44.2 Å². The van der Waals surface area contributed by atoms with Crippen LogP contribution in [-0.2, 0) is 32.9 Å². The minimum absolute atomic E-state index is 0.00469. The second-order valence-corrected chi connectivity index (χ2v) is 9.65. The van der Waals surface area contributed by atoms with Gasteiger partial charge in [-0.05, 0) is 47.6 Å². The third kappa shape index (κ3) is 5.02. The Morgan fingerprint density at radius 3 is 2.23 bits per heavy atom. The molecule has 0 radical (unpaired) electrons. The molecule has 35 heavy (non-hydrogen) atoms. The van der Waals surface area contributed by atoms with Gasteiger partial charge < -0.3 is 4.90 Å². The van der Waals surface area contributed by atoms with E-state index in [-0.39, 0.29) is 37.1 Å². The van der Waals surface area contributed by atoms with Crippen LogP contribution >= 0.6 is 0 Å². The van der Waals surface area contributed by atoms with E-state index in [0.717, 1.165) is 29.5 Å². The maximum atomic E-state index is 13.9. The molecule has 6 nitrogen and oxygen atoms in total. The summed E-state index contributed by atoms with van der Waals surface area (Å²) in [6, 6.07) is 22.8. The third-order valence-corrected chi connectivity index (χ3v) is 7.02. The molecule has 5 rings (SSSR count). The Kier molecular flexibility index (Phi) is 6.45. The topological polar surface area (TPSA) is 70.6 Å². The molecule has 3 amide bonds. The van der Waals surface area contributed by atoms with Crippen LogP contribution in [0.3, 0.4) is 0 Å². The van der Waals surface area contributed by atoms with Crippen molar-refractivity contribution in [3.8, 4) is 0 Å². The molecule has 1 aliphatic carbocycles. The first kappa shape index (κ1) is 23.0. The number of pyridine rings is 1. The summed E-state index contributed by atoms with van der Waals surface area (Å²) < 4.78 is 0. The third-order valence-electron chi connectivity index (χ3n) is 7.02. The zero-order chi connectivity index (χ0) is 24.3. The lowest BCUT2D eigenvalue weighted by Gasteiger charge is -2.31. The molecule has 2 heterocycles. The summed E-state index contributed by atoms with van der Waals surface area (Å²) in [5, 5.41) is 0. The van der Waals surface area contributed by atoms with Crippen molar-refractivity contribution >= 4 is 17.7 Å². The molecular formula is C29H29N3O3. The smallest absolute Gasteiger partial charge is 0.241 e. The van der Waals surface area contributed by atoms with E-state index in [0.29, 0.717) is 19.0 Å². The standard InChI is InChI=1S/C29H29N3O3/c33-26(31(20-23-11-12-23)19-22-7-3-1-4-8-22)17-29(25-9-5-2-6-10-25)18-27(34)32(28(29)35)21-24-13-15-30-16-14-24/h1-10,13-16,23H,11-12,17-21H2/t29-/m1/s1. The second kappa shape index (κ2) is 9.82. The largest absolute Gasteiger partial charge is 0.338 e. The van der Waals surface area contributed by atoms with Gasteiger partial charge in [0.25, 0.3) is 0 Å². The van der Waals surface area contributed by atoms with Gasteiger partial charge in [-0.15, -0.1) is 0 Å². The van der Waals surface area contributed by atoms with Gasteiger partial charge >= 0.3 is 0 Å². The predicted molar refractivity (Wildman–Crippen MR) is 132 cm³/mol. The molecule has 2 aliphatic rings. The number of hydrogen-bond donors (Lipinski definition) is 0. The summed E-state index contributed by atoms with van der Waals surface area (Å²) in [4.78, 5) is 48.1. The van der Waals surface area contributed by atoms with Gasteiger partial charge in [0.15, 0.2) is 0 Å². The minimum Gasteiger partial charge on any atom is -0.338 e. The van der Waals surface area contributed by atoms with Crippen molar-refractivity contribution in [3.63, 3.8) is 0 Å². The molecule has 178 valence electrons. The van der Waals surface area contributed by atoms with E-state index in [2.05, 4.69) is 4.98 Å². The van der Waals surface area contributed by atoms with Crippen molar-refractivity contribution in [1.29, 1.82) is 0 Å². The highest BCUT2D eigenvalue weighted by molar-refractivity contribution is 6.10. The SMILES string of the molecule is O=C(C[C@]1(c2ccccc2)CC(=O)N(Cc2ccncc2)C1=O)N(Cc1ccccc1)CC1CC1. The van der Waals surface area contributed by atoms with Crippen molar-refractivity contribution in [2.75, 3.05) is 6.54 Å². The number of hydrogen-bond acceptors (Lipinski definition) is 4. The van der Waals surface area contributed by atoms with Gasteiger partial charge in [0.2, 0.25) is 17.7 Å². The molecule has 0 unspecified atom stereocenters. The normalized spacial score (nSPS) is 19.7. The van der Waals surface area contributed by atoms with Crippen LogP contribution in [0.25, 0.3) is 0 Å². The summed E-state index contributed by atoms with van der Waals surface area (Å²) >= 11 is 0. The van der Waals surface area contributed by atoms with Crippen LogP contribution in [0.4, 0.5) is 0 Å². The molecule has 0 N–H and O–H groups in total. The molecule has 2 aromatic carbocycles. The first-order valence-corrected chi connectivity index (χ1v) is 12.2. The lowest BCUT2D eigenvalue weighted by atomic mass is 9.75. The van der Waals surface area contributed by atoms with Crippen LogP contribution < -0.4 is 0 Å². The van der Waals surface area contributed by atoms with E-state index in [1.165, 1.54) is 4.90 Å². The van der Waals surface area contributed by atoms with Crippen molar-refractivity contribution in [1.82, 2.24) is 14.8 Å². The number of rotatable bonds is 9. The Balaban J connectivity index is 1.44. The van der Waals surface area contributed by atoms with E-state index in [1.54, 1.807) is 24.5 Å². The molecule has 1 saturated heterocycles. The number of imide groups is 1. The van der Waals surface area contributed by atoms with Crippen LogP contribution in [0.5, 0.6) is 0 Å². The van der Waals surface area contributed by atoms with Crippen LogP contribution in [0, 0.1) is 5.92 Å². The molecule has 0 bridgehead atoms. The fraction of sp³-hybridized carbons (Fsp3) is 0.310. The monoisotopic (exact) mass is 467 g/mol. The molecule has 1 saturated carbocycles. The van der Waals surface area contributed by atoms with Gasteiger partial charge in [-0.2, -0.15) is 0 Å². The van der Waals surface area contributed by atoms with Crippen molar-refractivity contribution in [2.24, 2.45) is 5.92 Å². The molecule has 1 aromatic heterocycles. The Morgan fingerprint density at radius 2 is 1.57 bits per heavy atom. The van der Waals surface area contributed by atoms with Gasteiger partial charge in [0, 0.05) is 38.3 Å².